The predicted molar refractivity (Wildman–Crippen MR) is 158 cm³/mol. The molecular weight excluding hydrogens is 479 g/mol. The lowest BCUT2D eigenvalue weighted by Gasteiger charge is -2.22. The lowest BCUT2D eigenvalue weighted by atomic mass is 9.85. The molecule has 1 fully saturated rings. The highest BCUT2D eigenvalue weighted by Crippen LogP contribution is 2.44. The summed E-state index contributed by atoms with van der Waals surface area (Å²) in [4.78, 5) is 0. The summed E-state index contributed by atoms with van der Waals surface area (Å²) in [6.45, 7) is 11.3. The van der Waals surface area contributed by atoms with Gasteiger partial charge in [0.05, 0.1) is 5.57 Å². The zero-order chi connectivity index (χ0) is 27.7. The molecule has 1 aromatic carbocycles. The maximum absolute atomic E-state index is 14.8. The average Bonchev–Trinajstić information content (AvgIpc) is 3.11. The van der Waals surface area contributed by atoms with Crippen molar-refractivity contribution in [2.24, 2.45) is 0 Å². The van der Waals surface area contributed by atoms with E-state index in [-0.39, 0.29) is 0 Å². The molecule has 0 saturated heterocycles. The number of halogens is 3. The second-order valence-corrected chi connectivity index (χ2v) is 11.3. The van der Waals surface area contributed by atoms with Crippen LogP contribution in [0.3, 0.4) is 0 Å². The van der Waals surface area contributed by atoms with Crippen molar-refractivity contribution in [2.45, 2.75) is 144 Å². The first-order valence-electron chi connectivity index (χ1n) is 15.4. The molecule has 4 heteroatoms. The van der Waals surface area contributed by atoms with Crippen molar-refractivity contribution in [3.63, 3.8) is 0 Å². The zero-order valence-electron chi connectivity index (χ0n) is 24.6. The van der Waals surface area contributed by atoms with Gasteiger partial charge in [0.15, 0.2) is 0 Å². The number of allylic oxidation sites excluding steroid dienone is 4. The molecule has 0 unspecified atom stereocenters. The van der Waals surface area contributed by atoms with Gasteiger partial charge in [0, 0.05) is 23.1 Å². The van der Waals surface area contributed by atoms with Crippen LogP contribution in [0.5, 0.6) is 0 Å². The molecule has 3 rings (SSSR count). The Balaban J connectivity index is 2.05. The van der Waals surface area contributed by atoms with Crippen molar-refractivity contribution in [2.75, 3.05) is 0 Å². The fourth-order valence-corrected chi connectivity index (χ4v) is 6.09. The fourth-order valence-electron chi connectivity index (χ4n) is 6.09. The lowest BCUT2D eigenvalue weighted by Crippen LogP contribution is -2.14. The van der Waals surface area contributed by atoms with Crippen LogP contribution in [-0.2, 0) is 19.4 Å². The molecule has 38 heavy (non-hydrogen) atoms. The summed E-state index contributed by atoms with van der Waals surface area (Å²) >= 11 is 0. The Hall–Kier alpha value is -1.97. The number of aromatic nitrogens is 1. The first-order valence-corrected chi connectivity index (χ1v) is 15.4. The van der Waals surface area contributed by atoms with E-state index in [0.29, 0.717) is 12.0 Å². The maximum atomic E-state index is 14.8. The quantitative estimate of drug-likeness (QED) is 0.202. The first-order chi connectivity index (χ1) is 18.2. The third-order valence-electron chi connectivity index (χ3n) is 8.51. The summed E-state index contributed by atoms with van der Waals surface area (Å²) in [6.07, 6.45) is 13.3. The minimum absolute atomic E-state index is 0.435. The van der Waals surface area contributed by atoms with Crippen LogP contribution < -0.4 is 0 Å². The van der Waals surface area contributed by atoms with E-state index < -0.39 is 11.7 Å². The number of rotatable bonds is 15. The van der Waals surface area contributed by atoms with Crippen molar-refractivity contribution in [1.82, 2.24) is 4.57 Å². The van der Waals surface area contributed by atoms with Gasteiger partial charge >= 0.3 is 6.18 Å². The lowest BCUT2D eigenvalue weighted by molar-refractivity contribution is -0.0689. The molecule has 0 atom stereocenters. The molecule has 0 N–H and O–H groups in total. The van der Waals surface area contributed by atoms with Crippen LogP contribution in [0.15, 0.2) is 29.4 Å². The summed E-state index contributed by atoms with van der Waals surface area (Å²) < 4.78 is 46.7. The van der Waals surface area contributed by atoms with E-state index in [1.54, 1.807) is 0 Å². The highest BCUT2D eigenvalue weighted by molar-refractivity contribution is 5.99. The zero-order valence-corrected chi connectivity index (χ0v) is 24.6. The molecule has 2 aromatic rings. The second kappa shape index (κ2) is 14.4. The molecule has 1 heterocycles. The van der Waals surface area contributed by atoms with E-state index in [4.69, 9.17) is 0 Å². The van der Waals surface area contributed by atoms with Gasteiger partial charge in [-0.05, 0) is 87.6 Å². The largest absolute Gasteiger partial charge is 0.417 e. The van der Waals surface area contributed by atoms with Crippen molar-refractivity contribution >= 4 is 16.5 Å². The molecule has 0 spiro atoms. The van der Waals surface area contributed by atoms with Gasteiger partial charge < -0.3 is 4.57 Å². The third-order valence-corrected chi connectivity index (χ3v) is 8.51. The summed E-state index contributed by atoms with van der Waals surface area (Å²) in [5.41, 5.74) is 5.98. The van der Waals surface area contributed by atoms with Crippen LogP contribution in [0.4, 0.5) is 13.2 Å². The van der Waals surface area contributed by atoms with Crippen LogP contribution in [0.25, 0.3) is 16.5 Å². The van der Waals surface area contributed by atoms with Crippen molar-refractivity contribution in [1.29, 1.82) is 0 Å². The molecule has 212 valence electrons. The van der Waals surface area contributed by atoms with Gasteiger partial charge in [0.2, 0.25) is 0 Å². The van der Waals surface area contributed by atoms with Crippen molar-refractivity contribution < 1.29 is 13.2 Å². The number of unbranched alkanes of at least 4 members (excludes halogenated alkanes) is 8. The fraction of sp³-hybridized carbons (Fsp3) is 0.647. The molecule has 0 aliphatic heterocycles. The standard InChI is InChI=1S/C34H50F3N/c1-6-9-11-12-13-14-15-16-23-38-30(8-3)26(5)32-31(38)22-21-28(18-10-7-2)33(32)29(34(35,36)37)24-25(4)27-19-17-20-27/h21-22,24H,6-20,23H2,1-5H3/b29-24+. The number of alkyl halides is 3. The summed E-state index contributed by atoms with van der Waals surface area (Å²) in [6, 6.07) is 4.09. The van der Waals surface area contributed by atoms with Crippen molar-refractivity contribution in [3.05, 3.63) is 51.7 Å². The topological polar surface area (TPSA) is 4.93 Å². The maximum Gasteiger partial charge on any atom is 0.417 e. The van der Waals surface area contributed by atoms with E-state index in [2.05, 4.69) is 31.4 Å². The number of hydrogen-bond acceptors (Lipinski definition) is 0. The minimum atomic E-state index is -4.40. The number of fused-ring (bicyclic) bond motifs is 1. The van der Waals surface area contributed by atoms with Crippen LogP contribution in [-0.4, -0.2) is 10.7 Å². The molecule has 0 radical (unpaired) electrons. The number of nitrogens with zero attached hydrogens (tertiary/aromatic N) is 1. The van der Waals surface area contributed by atoms with Gasteiger partial charge in [-0.25, -0.2) is 0 Å². The van der Waals surface area contributed by atoms with E-state index in [1.807, 2.05) is 19.9 Å². The molecule has 1 aliphatic carbocycles. The van der Waals surface area contributed by atoms with Crippen LogP contribution in [0, 0.1) is 6.92 Å². The second-order valence-electron chi connectivity index (χ2n) is 11.3. The Labute approximate surface area is 229 Å². The number of hydrogen-bond donors (Lipinski definition) is 0. The Morgan fingerprint density at radius 1 is 0.895 bits per heavy atom. The monoisotopic (exact) mass is 529 g/mol. The van der Waals surface area contributed by atoms with Crippen LogP contribution in [0.2, 0.25) is 0 Å². The first kappa shape index (κ1) is 30.6. The number of aryl methyl sites for hydroxylation is 3. The number of benzene rings is 1. The van der Waals surface area contributed by atoms with Gasteiger partial charge in [0.25, 0.3) is 0 Å². The Kier molecular flexibility index (Phi) is 11.6. The smallest absolute Gasteiger partial charge is 0.344 e. The van der Waals surface area contributed by atoms with Crippen molar-refractivity contribution in [3.8, 4) is 0 Å². The van der Waals surface area contributed by atoms with Crippen LogP contribution in [0.1, 0.15) is 134 Å². The normalized spacial score (nSPS) is 14.4. The third kappa shape index (κ3) is 7.36. The molecule has 1 nitrogen and oxygen atoms in total. The summed E-state index contributed by atoms with van der Waals surface area (Å²) in [7, 11) is 0. The van der Waals surface area contributed by atoms with Gasteiger partial charge in [0.1, 0.15) is 0 Å². The van der Waals surface area contributed by atoms with E-state index in [0.717, 1.165) is 79.1 Å². The Morgan fingerprint density at radius 2 is 1.53 bits per heavy atom. The average molecular weight is 530 g/mol. The van der Waals surface area contributed by atoms with E-state index in [1.165, 1.54) is 62.3 Å². The van der Waals surface area contributed by atoms with Crippen LogP contribution >= 0.6 is 0 Å². The molecular formula is C34H50F3N. The molecule has 1 aliphatic rings. The van der Waals surface area contributed by atoms with E-state index in [9.17, 15) is 13.2 Å². The van der Waals surface area contributed by atoms with Gasteiger partial charge in [-0.1, -0.05) is 89.4 Å². The molecule has 0 amide bonds. The molecule has 1 aromatic heterocycles. The highest BCUT2D eigenvalue weighted by Gasteiger charge is 2.38. The SMILES string of the molecule is CCCCCCCCCCn1c(CC)c(C)c2c(/C(=C\C(C)=C3CCC3)C(F)(F)F)c(CCCC)ccc21. The van der Waals surface area contributed by atoms with Gasteiger partial charge in [-0.15, -0.1) is 0 Å². The molecule has 1 saturated carbocycles. The van der Waals surface area contributed by atoms with Gasteiger partial charge in [-0.3, -0.25) is 0 Å². The highest BCUT2D eigenvalue weighted by atomic mass is 19.4. The Morgan fingerprint density at radius 3 is 2.08 bits per heavy atom. The minimum Gasteiger partial charge on any atom is -0.344 e. The Bertz CT molecular complexity index is 1110. The van der Waals surface area contributed by atoms with Gasteiger partial charge in [-0.2, -0.15) is 13.2 Å². The predicted octanol–water partition coefficient (Wildman–Crippen LogP) is 11.4. The van der Waals surface area contributed by atoms with E-state index >= 15 is 0 Å². The summed E-state index contributed by atoms with van der Waals surface area (Å²) in [5.74, 6) is 0. The summed E-state index contributed by atoms with van der Waals surface area (Å²) in [5, 5.41) is 0.824. The molecule has 0 bridgehead atoms.